The number of rotatable bonds is 1. The van der Waals surface area contributed by atoms with E-state index in [-0.39, 0.29) is 16.9 Å². The highest BCUT2D eigenvalue weighted by atomic mass is 32.2. The minimum absolute atomic E-state index is 0.0268. The molecule has 1 aliphatic carbocycles. The first-order chi connectivity index (χ1) is 6.97. The van der Waals surface area contributed by atoms with Crippen LogP contribution in [-0.4, -0.2) is 21.0 Å². The Morgan fingerprint density at radius 1 is 1.40 bits per heavy atom. The number of primary sulfonamides is 1. The third kappa shape index (κ3) is 2.02. The lowest BCUT2D eigenvalue weighted by Crippen LogP contribution is -2.47. The van der Waals surface area contributed by atoms with Gasteiger partial charge < -0.3 is 10.6 Å². The maximum atomic E-state index is 11.1. The summed E-state index contributed by atoms with van der Waals surface area (Å²) >= 11 is 0. The van der Waals surface area contributed by atoms with Gasteiger partial charge in [-0.3, -0.25) is 0 Å². The van der Waals surface area contributed by atoms with E-state index in [2.05, 4.69) is 10.6 Å². The molecule has 15 heavy (non-hydrogen) atoms. The molecule has 1 saturated heterocycles. The summed E-state index contributed by atoms with van der Waals surface area (Å²) in [6, 6.07) is -0.259. The van der Waals surface area contributed by atoms with Crippen LogP contribution >= 0.6 is 0 Å². The quantitative estimate of drug-likeness (QED) is 0.558. The molecule has 1 fully saturated rings. The van der Waals surface area contributed by atoms with Crippen LogP contribution in [0.5, 0.6) is 0 Å². The minimum Gasteiger partial charge on any atom is -0.337 e. The van der Waals surface area contributed by atoms with Crippen molar-refractivity contribution in [1.29, 1.82) is 0 Å². The van der Waals surface area contributed by atoms with Gasteiger partial charge >= 0.3 is 6.03 Å². The van der Waals surface area contributed by atoms with Gasteiger partial charge in [-0.05, 0) is 18.6 Å². The number of sulfonamides is 1. The second-order valence-electron chi connectivity index (χ2n) is 3.54. The minimum atomic E-state index is -3.61. The van der Waals surface area contributed by atoms with Gasteiger partial charge in [0.15, 0.2) is 0 Å². The Balaban J connectivity index is 2.28. The molecule has 2 rings (SSSR count). The molecule has 2 amide bonds. The Kier molecular flexibility index (Phi) is 2.28. The first kappa shape index (κ1) is 10.2. The Morgan fingerprint density at radius 2 is 2.13 bits per heavy atom. The molecule has 1 heterocycles. The molecule has 1 atom stereocenters. The lowest BCUT2D eigenvalue weighted by molar-refractivity contribution is 0.235. The van der Waals surface area contributed by atoms with Gasteiger partial charge in [0, 0.05) is 18.2 Å². The van der Waals surface area contributed by atoms with Crippen molar-refractivity contribution in [1.82, 2.24) is 10.6 Å². The van der Waals surface area contributed by atoms with E-state index >= 15 is 0 Å². The zero-order valence-corrected chi connectivity index (χ0v) is 8.67. The molecule has 0 bridgehead atoms. The van der Waals surface area contributed by atoms with Crippen molar-refractivity contribution in [2.24, 2.45) is 11.1 Å². The first-order valence-corrected chi connectivity index (χ1v) is 6.00. The number of nitrogens with one attached hydrogen (secondary N) is 2. The number of carbonyl (C=O) groups is 1. The number of amides is 2. The predicted molar refractivity (Wildman–Crippen MR) is 53.9 cm³/mol. The summed E-state index contributed by atoms with van der Waals surface area (Å²) in [4.78, 5) is 11.2. The molecule has 0 spiro atoms. The normalized spacial score (nSPS) is 25.7. The summed E-state index contributed by atoms with van der Waals surface area (Å²) < 4.78 is 22.2. The van der Waals surface area contributed by atoms with E-state index in [0.29, 0.717) is 13.0 Å². The molecular formula is C8H11N3O3S. The number of fused-ring (bicyclic) bond motifs is 1. The van der Waals surface area contributed by atoms with Crippen LogP contribution in [0.1, 0.15) is 6.42 Å². The number of hydrogen-bond donors (Lipinski definition) is 3. The maximum absolute atomic E-state index is 11.1. The molecule has 7 heteroatoms. The molecule has 4 N–H and O–H groups in total. The molecular weight excluding hydrogens is 218 g/mol. The van der Waals surface area contributed by atoms with Crippen molar-refractivity contribution in [3.63, 3.8) is 0 Å². The summed E-state index contributed by atoms with van der Waals surface area (Å²) in [5.41, 5.74) is 0.742. The highest BCUT2D eigenvalue weighted by Crippen LogP contribution is 2.26. The van der Waals surface area contributed by atoms with Crippen molar-refractivity contribution in [2.75, 3.05) is 6.54 Å². The zero-order chi connectivity index (χ0) is 11.1. The van der Waals surface area contributed by atoms with Gasteiger partial charge in [0.2, 0.25) is 10.0 Å². The monoisotopic (exact) mass is 229 g/mol. The summed E-state index contributed by atoms with van der Waals surface area (Å²) in [5.74, 6) is -0.0268. The Morgan fingerprint density at radius 3 is 2.80 bits per heavy atom. The average molecular weight is 229 g/mol. The summed E-state index contributed by atoms with van der Waals surface area (Å²) in [6.45, 7) is 0.435. The van der Waals surface area contributed by atoms with Gasteiger partial charge in [-0.1, -0.05) is 0 Å². The first-order valence-electron chi connectivity index (χ1n) is 4.45. The molecule has 1 unspecified atom stereocenters. The summed E-state index contributed by atoms with van der Waals surface area (Å²) in [5, 5.41) is 10.2. The highest BCUT2D eigenvalue weighted by Gasteiger charge is 2.28. The van der Waals surface area contributed by atoms with Gasteiger partial charge in [-0.25, -0.2) is 18.4 Å². The predicted octanol–water partition coefficient (Wildman–Crippen LogP) is -0.625. The second kappa shape index (κ2) is 3.35. The molecule has 82 valence electrons. The average Bonchev–Trinajstić information content (AvgIpc) is 2.15. The Hall–Kier alpha value is -1.34. The van der Waals surface area contributed by atoms with Crippen molar-refractivity contribution in [3.8, 4) is 0 Å². The fourth-order valence-electron chi connectivity index (χ4n) is 1.67. The lowest BCUT2D eigenvalue weighted by Gasteiger charge is -2.29. The van der Waals surface area contributed by atoms with E-state index in [1.807, 2.05) is 0 Å². The topological polar surface area (TPSA) is 101 Å². The van der Waals surface area contributed by atoms with Crippen LogP contribution < -0.4 is 15.8 Å². The number of carbonyl (C=O) groups excluding carboxylic acids is 1. The molecule has 0 saturated carbocycles. The molecule has 2 aliphatic rings. The number of nitrogens with two attached hydrogens (primary N) is 1. The van der Waals surface area contributed by atoms with E-state index in [1.54, 1.807) is 6.08 Å². The fraction of sp³-hybridized carbons (Fsp3) is 0.375. The highest BCUT2D eigenvalue weighted by molar-refractivity contribution is 7.93. The largest absolute Gasteiger partial charge is 0.337 e. The smallest absolute Gasteiger partial charge is 0.319 e. The van der Waals surface area contributed by atoms with Crippen LogP contribution in [0.3, 0.4) is 0 Å². The third-order valence-electron chi connectivity index (χ3n) is 2.47. The van der Waals surface area contributed by atoms with Crippen LogP contribution in [0.15, 0.2) is 22.8 Å². The van der Waals surface area contributed by atoms with Crippen molar-refractivity contribution >= 4 is 16.1 Å². The van der Waals surface area contributed by atoms with E-state index in [1.165, 1.54) is 6.08 Å². The number of allylic oxidation sites excluding steroid dienone is 3. The van der Waals surface area contributed by atoms with Crippen molar-refractivity contribution in [2.45, 2.75) is 6.42 Å². The fourth-order valence-corrected chi connectivity index (χ4v) is 2.36. The number of urea groups is 1. The van der Waals surface area contributed by atoms with Crippen LogP contribution in [0.25, 0.3) is 0 Å². The molecule has 0 aromatic heterocycles. The van der Waals surface area contributed by atoms with Crippen LogP contribution in [0.2, 0.25) is 0 Å². The van der Waals surface area contributed by atoms with Gasteiger partial charge in [0.25, 0.3) is 0 Å². The van der Waals surface area contributed by atoms with Crippen LogP contribution in [-0.2, 0) is 10.0 Å². The standard InChI is InChI=1S/C8H11N3O3S/c9-15(13,14)6-1-2-7-5(3-6)4-10-8(12)11-7/h1-2,5H,3-4H2,(H2,9,13,14)(H2,10,11,12). The number of hydrogen-bond acceptors (Lipinski definition) is 3. The third-order valence-corrected chi connectivity index (χ3v) is 3.50. The SMILES string of the molecule is NS(=O)(=O)C1=CC=C2NC(=O)NCC2C1. The van der Waals surface area contributed by atoms with E-state index in [0.717, 1.165) is 5.70 Å². The van der Waals surface area contributed by atoms with E-state index in [4.69, 9.17) is 5.14 Å². The van der Waals surface area contributed by atoms with E-state index in [9.17, 15) is 13.2 Å². The zero-order valence-electron chi connectivity index (χ0n) is 7.86. The molecule has 1 aliphatic heterocycles. The Bertz CT molecular complexity index is 464. The van der Waals surface area contributed by atoms with Gasteiger partial charge in [0.1, 0.15) is 0 Å². The van der Waals surface area contributed by atoms with Gasteiger partial charge in [-0.15, -0.1) is 0 Å². The lowest BCUT2D eigenvalue weighted by atomic mass is 9.95. The summed E-state index contributed by atoms with van der Waals surface area (Å²) in [7, 11) is -3.61. The molecule has 0 aromatic carbocycles. The van der Waals surface area contributed by atoms with E-state index < -0.39 is 10.0 Å². The summed E-state index contributed by atoms with van der Waals surface area (Å²) in [6.07, 6.45) is 3.36. The van der Waals surface area contributed by atoms with Crippen LogP contribution in [0, 0.1) is 5.92 Å². The Labute approximate surface area is 87.3 Å². The van der Waals surface area contributed by atoms with Gasteiger partial charge in [-0.2, -0.15) is 0 Å². The van der Waals surface area contributed by atoms with Gasteiger partial charge in [0.05, 0.1) is 4.91 Å². The van der Waals surface area contributed by atoms with Crippen molar-refractivity contribution < 1.29 is 13.2 Å². The van der Waals surface area contributed by atoms with Crippen molar-refractivity contribution in [3.05, 3.63) is 22.8 Å². The van der Waals surface area contributed by atoms with Crippen LogP contribution in [0.4, 0.5) is 4.79 Å². The molecule has 6 nitrogen and oxygen atoms in total. The maximum Gasteiger partial charge on any atom is 0.319 e. The molecule has 0 radical (unpaired) electrons. The molecule has 0 aromatic rings. The second-order valence-corrected chi connectivity index (χ2v) is 5.15.